The number of phenols is 1. The number of aromatic nitrogens is 4. The second kappa shape index (κ2) is 9.91. The van der Waals surface area contributed by atoms with Crippen LogP contribution in [0.3, 0.4) is 0 Å². The number of fused-ring (bicyclic) bond motifs is 1. The van der Waals surface area contributed by atoms with Crippen LogP contribution in [-0.4, -0.2) is 56.2 Å². The summed E-state index contributed by atoms with van der Waals surface area (Å²) in [6, 6.07) is 22.0. The molecule has 3 heterocycles. The summed E-state index contributed by atoms with van der Waals surface area (Å²) in [5.74, 6) is 1.42. The van der Waals surface area contributed by atoms with Crippen molar-refractivity contribution in [1.29, 1.82) is 0 Å². The quantitative estimate of drug-likeness (QED) is 0.297. The van der Waals surface area contributed by atoms with Gasteiger partial charge in [0.25, 0.3) is 0 Å². The Labute approximate surface area is 222 Å². The maximum atomic E-state index is 10.8. The SMILES string of the molecule is CCOc1cc(-c2ccc(-c3ccc(C4CN(CC)C4)nn3)c(-c3ccccc3O)c2)cc2cn(C)nc12. The largest absolute Gasteiger partial charge is 0.507 e. The predicted octanol–water partition coefficient (Wildman–Crippen LogP) is 5.89. The number of hydrogen-bond acceptors (Lipinski definition) is 6. The zero-order chi connectivity index (χ0) is 26.2. The Hall–Kier alpha value is -4.23. The molecule has 0 atom stereocenters. The number of likely N-dealkylation sites (tertiary alicyclic amines) is 1. The Balaban J connectivity index is 1.44. The zero-order valence-electron chi connectivity index (χ0n) is 21.9. The van der Waals surface area contributed by atoms with E-state index in [-0.39, 0.29) is 5.75 Å². The third-order valence-electron chi connectivity index (χ3n) is 7.32. The van der Waals surface area contributed by atoms with Gasteiger partial charge < -0.3 is 14.7 Å². The first-order valence-corrected chi connectivity index (χ1v) is 13.1. The topological polar surface area (TPSA) is 76.3 Å². The van der Waals surface area contributed by atoms with Crippen molar-refractivity contribution in [3.8, 4) is 45.0 Å². The molecule has 38 heavy (non-hydrogen) atoms. The molecule has 2 aromatic heterocycles. The number of ether oxygens (including phenoxy) is 1. The van der Waals surface area contributed by atoms with Gasteiger partial charge in [-0.3, -0.25) is 4.68 Å². The lowest BCUT2D eigenvalue weighted by Gasteiger charge is -2.37. The van der Waals surface area contributed by atoms with Crippen molar-refractivity contribution in [2.75, 3.05) is 26.2 Å². The fraction of sp³-hybridized carbons (Fsp3) is 0.258. The van der Waals surface area contributed by atoms with Gasteiger partial charge in [0.2, 0.25) is 0 Å². The number of phenolic OH excluding ortho intramolecular Hbond substituents is 1. The number of aromatic hydroxyl groups is 1. The highest BCUT2D eigenvalue weighted by Gasteiger charge is 2.28. The van der Waals surface area contributed by atoms with Crippen molar-refractivity contribution in [3.63, 3.8) is 0 Å². The minimum Gasteiger partial charge on any atom is -0.507 e. The number of rotatable bonds is 7. The molecule has 3 aromatic carbocycles. The molecule has 0 saturated carbocycles. The van der Waals surface area contributed by atoms with Crippen LogP contribution in [0.25, 0.3) is 44.4 Å². The number of benzene rings is 3. The molecule has 0 bridgehead atoms. The van der Waals surface area contributed by atoms with Gasteiger partial charge in [-0.15, -0.1) is 0 Å². The van der Waals surface area contributed by atoms with Crippen LogP contribution in [0.15, 0.2) is 72.9 Å². The highest BCUT2D eigenvalue weighted by molar-refractivity contribution is 5.92. The molecule has 5 aromatic rings. The van der Waals surface area contributed by atoms with Crippen LogP contribution in [0.5, 0.6) is 11.5 Å². The van der Waals surface area contributed by atoms with E-state index in [0.717, 1.165) is 75.5 Å². The summed E-state index contributed by atoms with van der Waals surface area (Å²) < 4.78 is 7.75. The van der Waals surface area contributed by atoms with Gasteiger partial charge in [-0.2, -0.15) is 15.3 Å². The van der Waals surface area contributed by atoms with E-state index in [0.29, 0.717) is 12.5 Å². The van der Waals surface area contributed by atoms with Crippen LogP contribution < -0.4 is 4.74 Å². The summed E-state index contributed by atoms with van der Waals surface area (Å²) in [5, 5.41) is 25.6. The zero-order valence-corrected chi connectivity index (χ0v) is 21.9. The maximum Gasteiger partial charge on any atom is 0.147 e. The highest BCUT2D eigenvalue weighted by atomic mass is 16.5. The summed E-state index contributed by atoms with van der Waals surface area (Å²) in [6.07, 6.45) is 2.00. The van der Waals surface area contributed by atoms with Crippen molar-refractivity contribution >= 4 is 10.9 Å². The second-order valence-corrected chi connectivity index (χ2v) is 9.82. The number of aryl methyl sites for hydroxylation is 1. The molecular formula is C31H31N5O2. The third kappa shape index (κ3) is 4.39. The normalized spacial score (nSPS) is 14.1. The van der Waals surface area contributed by atoms with Gasteiger partial charge in [0.1, 0.15) is 17.0 Å². The minimum absolute atomic E-state index is 0.224. The van der Waals surface area contributed by atoms with Gasteiger partial charge >= 0.3 is 0 Å². The van der Waals surface area contributed by atoms with E-state index in [1.807, 2.05) is 50.5 Å². The first kappa shape index (κ1) is 24.1. The van der Waals surface area contributed by atoms with Crippen molar-refractivity contribution in [1.82, 2.24) is 24.9 Å². The second-order valence-electron chi connectivity index (χ2n) is 9.82. The van der Waals surface area contributed by atoms with Crippen LogP contribution in [0.4, 0.5) is 0 Å². The van der Waals surface area contributed by atoms with E-state index < -0.39 is 0 Å². The molecule has 0 amide bonds. The molecule has 0 aliphatic carbocycles. The summed E-state index contributed by atoms with van der Waals surface area (Å²) in [6.45, 7) is 7.85. The molecular weight excluding hydrogens is 474 g/mol. The summed E-state index contributed by atoms with van der Waals surface area (Å²) in [7, 11) is 1.91. The molecule has 0 spiro atoms. The number of nitrogens with zero attached hydrogens (tertiary/aromatic N) is 5. The lowest BCUT2D eigenvalue weighted by Crippen LogP contribution is -2.44. The van der Waals surface area contributed by atoms with E-state index >= 15 is 0 Å². The van der Waals surface area contributed by atoms with Crippen LogP contribution in [-0.2, 0) is 7.05 Å². The molecule has 7 heteroatoms. The van der Waals surface area contributed by atoms with Crippen LogP contribution in [0.2, 0.25) is 0 Å². The van der Waals surface area contributed by atoms with E-state index in [1.54, 1.807) is 10.7 Å². The maximum absolute atomic E-state index is 10.8. The Morgan fingerprint density at radius 3 is 2.47 bits per heavy atom. The van der Waals surface area contributed by atoms with Crippen molar-refractivity contribution < 1.29 is 9.84 Å². The van der Waals surface area contributed by atoms with Gasteiger partial charge in [-0.25, -0.2) is 0 Å². The predicted molar refractivity (Wildman–Crippen MR) is 150 cm³/mol. The molecule has 0 radical (unpaired) electrons. The Bertz CT molecular complexity index is 1600. The van der Waals surface area contributed by atoms with E-state index in [9.17, 15) is 5.11 Å². The Morgan fingerprint density at radius 1 is 0.895 bits per heavy atom. The van der Waals surface area contributed by atoms with Gasteiger partial charge in [0.15, 0.2) is 0 Å². The van der Waals surface area contributed by atoms with Crippen molar-refractivity contribution in [2.24, 2.45) is 7.05 Å². The number of para-hydroxylation sites is 1. The molecule has 192 valence electrons. The molecule has 1 saturated heterocycles. The van der Waals surface area contributed by atoms with E-state index in [1.165, 1.54) is 0 Å². The Kier molecular flexibility index (Phi) is 6.29. The minimum atomic E-state index is 0.224. The van der Waals surface area contributed by atoms with Gasteiger partial charge in [-0.1, -0.05) is 37.3 Å². The molecule has 7 nitrogen and oxygen atoms in total. The average molecular weight is 506 g/mol. The molecule has 1 N–H and O–H groups in total. The summed E-state index contributed by atoms with van der Waals surface area (Å²) in [5.41, 5.74) is 7.26. The summed E-state index contributed by atoms with van der Waals surface area (Å²) in [4.78, 5) is 2.40. The fourth-order valence-electron chi connectivity index (χ4n) is 5.25. The highest BCUT2D eigenvalue weighted by Crippen LogP contribution is 2.40. The smallest absolute Gasteiger partial charge is 0.147 e. The molecule has 6 rings (SSSR count). The van der Waals surface area contributed by atoms with E-state index in [2.05, 4.69) is 57.5 Å². The van der Waals surface area contributed by atoms with E-state index in [4.69, 9.17) is 4.74 Å². The van der Waals surface area contributed by atoms with Crippen molar-refractivity contribution in [2.45, 2.75) is 19.8 Å². The van der Waals surface area contributed by atoms with Crippen molar-refractivity contribution in [3.05, 3.63) is 78.6 Å². The fourth-order valence-corrected chi connectivity index (χ4v) is 5.25. The van der Waals surface area contributed by atoms with Crippen LogP contribution in [0.1, 0.15) is 25.5 Å². The monoisotopic (exact) mass is 505 g/mol. The first-order chi connectivity index (χ1) is 18.5. The first-order valence-electron chi connectivity index (χ1n) is 13.1. The lowest BCUT2D eigenvalue weighted by molar-refractivity contribution is 0.154. The lowest BCUT2D eigenvalue weighted by atomic mass is 9.91. The van der Waals surface area contributed by atoms with Crippen LogP contribution >= 0.6 is 0 Å². The van der Waals surface area contributed by atoms with Crippen LogP contribution in [0, 0.1) is 0 Å². The summed E-state index contributed by atoms with van der Waals surface area (Å²) >= 11 is 0. The van der Waals surface area contributed by atoms with Gasteiger partial charge in [0, 0.05) is 48.8 Å². The Morgan fingerprint density at radius 2 is 1.74 bits per heavy atom. The number of likely N-dealkylation sites (N-methyl/N-ethyl adjacent to an activating group) is 1. The van der Waals surface area contributed by atoms with Gasteiger partial charge in [0.05, 0.1) is 18.0 Å². The molecule has 1 aliphatic rings. The standard InChI is InChI=1S/C31H31N5O2/c1-4-36-18-23(19-36)27-12-13-28(33-32-27)24-11-10-20(15-26(24)25-8-6-7-9-29(25)37)21-14-22-17-35(3)34-31(22)30(16-21)38-5-2/h6-17,23,37H,4-5,18-19H2,1-3H3. The number of hydrogen-bond donors (Lipinski definition) is 1. The average Bonchev–Trinajstić information content (AvgIpc) is 3.29. The molecule has 1 fully saturated rings. The molecule has 1 aliphatic heterocycles. The van der Waals surface area contributed by atoms with Gasteiger partial charge in [-0.05, 0) is 66.6 Å². The third-order valence-corrected chi connectivity index (χ3v) is 7.32. The molecule has 0 unspecified atom stereocenters.